The fourth-order valence-electron chi connectivity index (χ4n) is 3.79. The number of aromatic amines is 1. The fraction of sp³-hybridized carbons (Fsp3) is 0.450. The first-order chi connectivity index (χ1) is 13.7. The Bertz CT molecular complexity index is 918. The fourth-order valence-corrected chi connectivity index (χ4v) is 3.79. The van der Waals surface area contributed by atoms with Crippen molar-refractivity contribution in [2.45, 2.75) is 45.1 Å². The lowest BCUT2D eigenvalue weighted by molar-refractivity contribution is -0.132. The van der Waals surface area contributed by atoms with Gasteiger partial charge in [0, 0.05) is 56.6 Å². The molecule has 8 heteroatoms. The van der Waals surface area contributed by atoms with Gasteiger partial charge in [-0.2, -0.15) is 5.10 Å². The van der Waals surface area contributed by atoms with E-state index in [9.17, 15) is 4.79 Å². The van der Waals surface area contributed by atoms with Crippen LogP contribution in [0.3, 0.4) is 0 Å². The molecule has 0 aliphatic carbocycles. The predicted octanol–water partition coefficient (Wildman–Crippen LogP) is 2.09. The van der Waals surface area contributed by atoms with Crippen LogP contribution in [-0.2, 0) is 17.8 Å². The van der Waals surface area contributed by atoms with E-state index in [1.54, 1.807) is 6.20 Å². The van der Waals surface area contributed by atoms with Crippen LogP contribution in [0.4, 0.5) is 0 Å². The molecule has 8 nitrogen and oxygen atoms in total. The van der Waals surface area contributed by atoms with Gasteiger partial charge < -0.3 is 9.47 Å². The number of nitrogens with zero attached hydrogens (tertiary/aromatic N) is 6. The van der Waals surface area contributed by atoms with Crippen LogP contribution in [-0.4, -0.2) is 53.6 Å². The summed E-state index contributed by atoms with van der Waals surface area (Å²) < 4.78 is 2.17. The molecule has 146 valence electrons. The minimum Gasteiger partial charge on any atom is -0.342 e. The van der Waals surface area contributed by atoms with E-state index in [4.69, 9.17) is 0 Å². The third kappa shape index (κ3) is 4.27. The van der Waals surface area contributed by atoms with Crippen LogP contribution in [0.1, 0.15) is 48.2 Å². The van der Waals surface area contributed by atoms with E-state index < -0.39 is 0 Å². The maximum Gasteiger partial charge on any atom is 0.223 e. The molecule has 0 spiro atoms. The highest BCUT2D eigenvalue weighted by Crippen LogP contribution is 2.26. The molecule has 1 unspecified atom stereocenters. The van der Waals surface area contributed by atoms with Crippen LogP contribution in [0, 0.1) is 6.92 Å². The number of H-pyrrole nitrogens is 1. The number of nitrogens with one attached hydrogen (secondary N) is 1. The monoisotopic (exact) mass is 379 g/mol. The lowest BCUT2D eigenvalue weighted by atomic mass is 9.96. The number of hydrogen-bond acceptors (Lipinski definition) is 5. The molecule has 1 aliphatic heterocycles. The first kappa shape index (κ1) is 18.3. The lowest BCUT2D eigenvalue weighted by Gasteiger charge is -2.32. The Labute approximate surface area is 164 Å². The summed E-state index contributed by atoms with van der Waals surface area (Å²) in [4.78, 5) is 27.7. The SMILES string of the molecule is Cc1nc(CCC(=O)N2CCCC(c3nccn3Cc3cccnc3)C2)n[nH]1. The number of pyridine rings is 1. The molecule has 1 aliphatic rings. The van der Waals surface area contributed by atoms with Gasteiger partial charge in [0.15, 0.2) is 5.82 Å². The number of piperidine rings is 1. The van der Waals surface area contributed by atoms with Gasteiger partial charge >= 0.3 is 0 Å². The highest BCUT2D eigenvalue weighted by Gasteiger charge is 2.27. The summed E-state index contributed by atoms with van der Waals surface area (Å²) in [6.07, 6.45) is 10.6. The van der Waals surface area contributed by atoms with Crippen LogP contribution in [0.25, 0.3) is 0 Å². The smallest absolute Gasteiger partial charge is 0.223 e. The minimum absolute atomic E-state index is 0.164. The minimum atomic E-state index is 0.164. The van der Waals surface area contributed by atoms with Crippen molar-refractivity contribution < 1.29 is 4.79 Å². The Balaban J connectivity index is 1.38. The molecule has 0 aromatic carbocycles. The molecule has 3 aromatic rings. The number of aromatic nitrogens is 6. The van der Waals surface area contributed by atoms with E-state index in [0.29, 0.717) is 18.7 Å². The number of hydrogen-bond donors (Lipinski definition) is 1. The molecule has 1 saturated heterocycles. The van der Waals surface area contributed by atoms with Crippen LogP contribution >= 0.6 is 0 Å². The molecule has 3 aromatic heterocycles. The molecule has 0 saturated carbocycles. The van der Waals surface area contributed by atoms with Crippen molar-refractivity contribution in [1.82, 2.24) is 34.6 Å². The molecule has 0 bridgehead atoms. The number of imidazole rings is 1. The number of amides is 1. The van der Waals surface area contributed by atoms with Gasteiger partial charge in [-0.05, 0) is 31.4 Å². The van der Waals surface area contributed by atoms with Crippen molar-refractivity contribution in [3.05, 3.63) is 60.0 Å². The van der Waals surface area contributed by atoms with Crippen molar-refractivity contribution >= 4 is 5.91 Å². The Kier molecular flexibility index (Phi) is 5.45. The van der Waals surface area contributed by atoms with Gasteiger partial charge in [0.2, 0.25) is 5.91 Å². The predicted molar refractivity (Wildman–Crippen MR) is 104 cm³/mol. The number of rotatable bonds is 6. The summed E-state index contributed by atoms with van der Waals surface area (Å²) >= 11 is 0. The van der Waals surface area contributed by atoms with Gasteiger partial charge in [-0.1, -0.05) is 6.07 Å². The number of carbonyl (C=O) groups is 1. The summed E-state index contributed by atoms with van der Waals surface area (Å²) in [5, 5.41) is 6.94. The molecular formula is C20H25N7O. The van der Waals surface area contributed by atoms with Gasteiger partial charge in [0.1, 0.15) is 11.6 Å². The molecular weight excluding hydrogens is 354 g/mol. The second kappa shape index (κ2) is 8.33. The summed E-state index contributed by atoms with van der Waals surface area (Å²) in [6, 6.07) is 4.01. The maximum atomic E-state index is 12.7. The average molecular weight is 379 g/mol. The zero-order valence-corrected chi connectivity index (χ0v) is 16.1. The number of likely N-dealkylation sites (tertiary alicyclic amines) is 1. The van der Waals surface area contributed by atoms with Crippen LogP contribution in [0.5, 0.6) is 0 Å². The highest BCUT2D eigenvalue weighted by molar-refractivity contribution is 5.76. The maximum absolute atomic E-state index is 12.7. The van der Waals surface area contributed by atoms with Crippen LogP contribution < -0.4 is 0 Å². The molecule has 1 N–H and O–H groups in total. The van der Waals surface area contributed by atoms with Gasteiger partial charge in [0.05, 0.1) is 6.54 Å². The first-order valence-electron chi connectivity index (χ1n) is 9.74. The van der Waals surface area contributed by atoms with Crippen molar-refractivity contribution in [1.29, 1.82) is 0 Å². The second-order valence-corrected chi connectivity index (χ2v) is 7.29. The standard InChI is InChI=1S/C20H25N7O/c1-15-23-18(25-24-15)6-7-19(28)26-10-3-5-17(14-26)20-22-9-11-27(20)13-16-4-2-8-21-12-16/h2,4,8-9,11-12,17H,3,5-7,10,13-14H2,1H3,(H,23,24,25). The second-order valence-electron chi connectivity index (χ2n) is 7.29. The van der Waals surface area contributed by atoms with Crippen molar-refractivity contribution in [2.24, 2.45) is 0 Å². The average Bonchev–Trinajstić information content (AvgIpc) is 3.36. The Morgan fingerprint density at radius 3 is 3.07 bits per heavy atom. The molecule has 28 heavy (non-hydrogen) atoms. The Morgan fingerprint density at radius 2 is 2.29 bits per heavy atom. The van der Waals surface area contributed by atoms with E-state index in [1.165, 1.54) is 0 Å². The van der Waals surface area contributed by atoms with Crippen LogP contribution in [0.2, 0.25) is 0 Å². The molecule has 1 atom stereocenters. The van der Waals surface area contributed by atoms with E-state index in [0.717, 1.165) is 49.7 Å². The summed E-state index contributed by atoms with van der Waals surface area (Å²) in [7, 11) is 0. The Hall–Kier alpha value is -3.03. The summed E-state index contributed by atoms with van der Waals surface area (Å²) in [6.45, 7) is 4.14. The van der Waals surface area contributed by atoms with E-state index in [1.807, 2.05) is 36.5 Å². The number of carbonyl (C=O) groups excluding carboxylic acids is 1. The first-order valence-corrected chi connectivity index (χ1v) is 9.74. The van der Waals surface area contributed by atoms with Crippen molar-refractivity contribution in [2.75, 3.05) is 13.1 Å². The van der Waals surface area contributed by atoms with E-state index in [-0.39, 0.29) is 11.8 Å². The van der Waals surface area contributed by atoms with E-state index >= 15 is 0 Å². The zero-order chi connectivity index (χ0) is 19.3. The van der Waals surface area contributed by atoms with Crippen LogP contribution in [0.15, 0.2) is 36.9 Å². The van der Waals surface area contributed by atoms with E-state index in [2.05, 4.69) is 35.8 Å². The quantitative estimate of drug-likeness (QED) is 0.708. The normalized spacial score (nSPS) is 17.0. The molecule has 1 amide bonds. The topological polar surface area (TPSA) is 92.6 Å². The molecule has 4 rings (SSSR count). The number of aryl methyl sites for hydroxylation is 2. The highest BCUT2D eigenvalue weighted by atomic mass is 16.2. The summed E-state index contributed by atoms with van der Waals surface area (Å²) in [5.41, 5.74) is 1.15. The van der Waals surface area contributed by atoms with Crippen molar-refractivity contribution in [3.63, 3.8) is 0 Å². The third-order valence-electron chi connectivity index (χ3n) is 5.17. The van der Waals surface area contributed by atoms with Gasteiger partial charge in [0.25, 0.3) is 0 Å². The lowest BCUT2D eigenvalue weighted by Crippen LogP contribution is -2.40. The largest absolute Gasteiger partial charge is 0.342 e. The molecule has 0 radical (unpaired) electrons. The molecule has 1 fully saturated rings. The van der Waals surface area contributed by atoms with Gasteiger partial charge in [-0.3, -0.25) is 14.9 Å². The Morgan fingerprint density at radius 1 is 1.36 bits per heavy atom. The van der Waals surface area contributed by atoms with Crippen molar-refractivity contribution in [3.8, 4) is 0 Å². The third-order valence-corrected chi connectivity index (χ3v) is 5.17. The zero-order valence-electron chi connectivity index (χ0n) is 16.1. The molecule has 4 heterocycles. The van der Waals surface area contributed by atoms with Gasteiger partial charge in [-0.15, -0.1) is 0 Å². The van der Waals surface area contributed by atoms with Gasteiger partial charge in [-0.25, -0.2) is 9.97 Å². The summed E-state index contributed by atoms with van der Waals surface area (Å²) in [5.74, 6) is 2.95.